The number of benzene rings is 1. The Hall–Kier alpha value is -2.01. The number of ether oxygens (including phenoxy) is 2. The highest BCUT2D eigenvalue weighted by Gasteiger charge is 2.24. The van der Waals surface area contributed by atoms with Gasteiger partial charge >= 0.3 is 0 Å². The maximum absolute atomic E-state index is 5.79. The van der Waals surface area contributed by atoms with Crippen molar-refractivity contribution in [1.29, 1.82) is 0 Å². The Morgan fingerprint density at radius 1 is 1.14 bits per heavy atom. The number of hydrogen-bond donors (Lipinski definition) is 2. The van der Waals surface area contributed by atoms with Gasteiger partial charge in [0.2, 0.25) is 0 Å². The molecular weight excluding hydrogens is 266 g/mol. The monoisotopic (exact) mass is 289 g/mol. The fourth-order valence-corrected chi connectivity index (χ4v) is 2.40. The van der Waals surface area contributed by atoms with Gasteiger partial charge in [0.25, 0.3) is 0 Å². The van der Waals surface area contributed by atoms with Crippen LogP contribution in [-0.2, 0) is 12.0 Å². The van der Waals surface area contributed by atoms with Crippen LogP contribution < -0.4 is 15.2 Å². The van der Waals surface area contributed by atoms with E-state index in [-0.39, 0.29) is 5.41 Å². The average Bonchev–Trinajstić information content (AvgIpc) is 2.95. The maximum atomic E-state index is 5.79. The van der Waals surface area contributed by atoms with Crippen molar-refractivity contribution in [1.82, 2.24) is 10.2 Å². The van der Waals surface area contributed by atoms with Gasteiger partial charge in [-0.2, -0.15) is 5.10 Å². The zero-order chi connectivity index (χ0) is 15.6. The number of nitrogens with zero attached hydrogens (tertiary/aromatic N) is 1. The third kappa shape index (κ3) is 2.88. The predicted molar refractivity (Wildman–Crippen MR) is 83.7 cm³/mol. The Morgan fingerprint density at radius 3 is 2.38 bits per heavy atom. The first-order valence-corrected chi connectivity index (χ1v) is 6.91. The first kappa shape index (κ1) is 15.4. The van der Waals surface area contributed by atoms with E-state index in [0.717, 1.165) is 22.4 Å². The van der Waals surface area contributed by atoms with Crippen molar-refractivity contribution < 1.29 is 9.47 Å². The van der Waals surface area contributed by atoms with Crippen LogP contribution in [-0.4, -0.2) is 24.4 Å². The zero-order valence-electron chi connectivity index (χ0n) is 13.3. The number of methoxy groups -OCH3 is 2. The van der Waals surface area contributed by atoms with Crippen molar-refractivity contribution in [3.8, 4) is 22.6 Å². The fourth-order valence-electron chi connectivity index (χ4n) is 2.40. The lowest BCUT2D eigenvalue weighted by atomic mass is 9.87. The van der Waals surface area contributed by atoms with E-state index in [4.69, 9.17) is 15.2 Å². The van der Waals surface area contributed by atoms with E-state index in [0.29, 0.717) is 18.0 Å². The second-order valence-electron chi connectivity index (χ2n) is 5.99. The lowest BCUT2D eigenvalue weighted by Gasteiger charge is -2.20. The minimum atomic E-state index is -0.0528. The second kappa shape index (κ2) is 5.77. The van der Waals surface area contributed by atoms with Gasteiger partial charge in [-0.05, 0) is 17.7 Å². The van der Waals surface area contributed by atoms with Crippen molar-refractivity contribution in [2.75, 3.05) is 14.2 Å². The van der Waals surface area contributed by atoms with Crippen LogP contribution in [0.2, 0.25) is 0 Å². The smallest absolute Gasteiger partial charge is 0.168 e. The molecule has 1 aromatic carbocycles. The molecule has 0 bridgehead atoms. The summed E-state index contributed by atoms with van der Waals surface area (Å²) >= 11 is 0. The largest absolute Gasteiger partial charge is 0.493 e. The van der Waals surface area contributed by atoms with E-state index < -0.39 is 0 Å². The predicted octanol–water partition coefficient (Wildman–Crippen LogP) is 2.85. The van der Waals surface area contributed by atoms with Gasteiger partial charge in [-0.25, -0.2) is 0 Å². The molecule has 21 heavy (non-hydrogen) atoms. The Kier molecular flexibility index (Phi) is 4.23. The van der Waals surface area contributed by atoms with Gasteiger partial charge in [0.05, 0.1) is 20.4 Å². The third-order valence-corrected chi connectivity index (χ3v) is 3.45. The highest BCUT2D eigenvalue weighted by molar-refractivity contribution is 5.76. The second-order valence-corrected chi connectivity index (χ2v) is 5.99. The van der Waals surface area contributed by atoms with Crippen LogP contribution >= 0.6 is 0 Å². The van der Waals surface area contributed by atoms with E-state index in [1.807, 2.05) is 18.3 Å². The van der Waals surface area contributed by atoms with E-state index in [2.05, 4.69) is 31.0 Å². The van der Waals surface area contributed by atoms with Crippen molar-refractivity contribution in [2.24, 2.45) is 5.73 Å². The standard InChI is InChI=1S/C16H23N3O2/c1-16(2,3)15-12(9-18-19-15)11-6-10(8-17)7-13(20-4)14(11)21-5/h6-7,9H,8,17H2,1-5H3,(H,18,19). The summed E-state index contributed by atoms with van der Waals surface area (Å²) in [5, 5.41) is 7.29. The van der Waals surface area contributed by atoms with Crippen molar-refractivity contribution in [2.45, 2.75) is 32.7 Å². The summed E-state index contributed by atoms with van der Waals surface area (Å²) in [6.07, 6.45) is 1.82. The molecule has 1 aromatic heterocycles. The summed E-state index contributed by atoms with van der Waals surface area (Å²) in [6, 6.07) is 3.93. The molecule has 0 fully saturated rings. The molecule has 2 rings (SSSR count). The molecule has 5 heteroatoms. The average molecular weight is 289 g/mol. The Morgan fingerprint density at radius 2 is 1.86 bits per heavy atom. The molecule has 0 spiro atoms. The van der Waals surface area contributed by atoms with Gasteiger partial charge in [-0.1, -0.05) is 20.8 Å². The van der Waals surface area contributed by atoms with Gasteiger partial charge in [0.1, 0.15) is 0 Å². The van der Waals surface area contributed by atoms with Gasteiger partial charge in [0, 0.05) is 28.8 Å². The van der Waals surface area contributed by atoms with Crippen LogP contribution in [0.1, 0.15) is 32.0 Å². The highest BCUT2D eigenvalue weighted by Crippen LogP contribution is 2.42. The number of nitrogens with two attached hydrogens (primary N) is 1. The lowest BCUT2D eigenvalue weighted by molar-refractivity contribution is 0.355. The molecule has 0 amide bonds. The number of H-pyrrole nitrogens is 1. The zero-order valence-corrected chi connectivity index (χ0v) is 13.3. The van der Waals surface area contributed by atoms with Gasteiger partial charge in [-0.3, -0.25) is 5.10 Å². The fraction of sp³-hybridized carbons (Fsp3) is 0.438. The van der Waals surface area contributed by atoms with Crippen LogP contribution in [0.15, 0.2) is 18.3 Å². The highest BCUT2D eigenvalue weighted by atomic mass is 16.5. The molecule has 114 valence electrons. The van der Waals surface area contributed by atoms with E-state index in [9.17, 15) is 0 Å². The minimum Gasteiger partial charge on any atom is -0.493 e. The topological polar surface area (TPSA) is 73.2 Å². The number of aromatic amines is 1. The summed E-state index contributed by atoms with van der Waals surface area (Å²) in [5.41, 5.74) is 9.73. The summed E-state index contributed by atoms with van der Waals surface area (Å²) in [6.45, 7) is 6.86. The van der Waals surface area contributed by atoms with Crippen LogP contribution in [0.25, 0.3) is 11.1 Å². The molecule has 5 nitrogen and oxygen atoms in total. The first-order chi connectivity index (χ1) is 9.92. The molecule has 0 aliphatic heterocycles. The van der Waals surface area contributed by atoms with Crippen LogP contribution in [0.4, 0.5) is 0 Å². The van der Waals surface area contributed by atoms with Crippen LogP contribution in [0.3, 0.4) is 0 Å². The summed E-state index contributed by atoms with van der Waals surface area (Å²) in [5.74, 6) is 1.37. The number of nitrogens with one attached hydrogen (secondary N) is 1. The molecule has 0 saturated carbocycles. The molecule has 1 heterocycles. The van der Waals surface area contributed by atoms with Crippen molar-refractivity contribution in [3.05, 3.63) is 29.6 Å². The summed E-state index contributed by atoms with van der Waals surface area (Å²) in [4.78, 5) is 0. The number of rotatable bonds is 4. The van der Waals surface area contributed by atoms with E-state index in [1.165, 1.54) is 0 Å². The molecule has 2 aromatic rings. The first-order valence-electron chi connectivity index (χ1n) is 6.91. The molecule has 0 atom stereocenters. The van der Waals surface area contributed by atoms with Crippen LogP contribution in [0, 0.1) is 0 Å². The number of hydrogen-bond acceptors (Lipinski definition) is 4. The molecular formula is C16H23N3O2. The van der Waals surface area contributed by atoms with E-state index >= 15 is 0 Å². The molecule has 0 aliphatic carbocycles. The van der Waals surface area contributed by atoms with Crippen molar-refractivity contribution in [3.63, 3.8) is 0 Å². The Labute approximate surface area is 125 Å². The van der Waals surface area contributed by atoms with E-state index in [1.54, 1.807) is 14.2 Å². The SMILES string of the molecule is COc1cc(CN)cc(-c2cn[nH]c2C(C)(C)C)c1OC. The molecule has 3 N–H and O–H groups in total. The molecule has 0 radical (unpaired) electrons. The molecule has 0 saturated heterocycles. The normalized spacial score (nSPS) is 11.5. The maximum Gasteiger partial charge on any atom is 0.168 e. The summed E-state index contributed by atoms with van der Waals surface area (Å²) < 4.78 is 11.0. The van der Waals surface area contributed by atoms with Gasteiger partial charge < -0.3 is 15.2 Å². The van der Waals surface area contributed by atoms with Gasteiger partial charge in [-0.15, -0.1) is 0 Å². The molecule has 0 aliphatic rings. The third-order valence-electron chi connectivity index (χ3n) is 3.45. The molecule has 0 unspecified atom stereocenters. The van der Waals surface area contributed by atoms with Crippen LogP contribution in [0.5, 0.6) is 11.5 Å². The minimum absolute atomic E-state index is 0.0528. The number of aromatic nitrogens is 2. The summed E-state index contributed by atoms with van der Waals surface area (Å²) in [7, 11) is 3.27. The van der Waals surface area contributed by atoms with Gasteiger partial charge in [0.15, 0.2) is 11.5 Å². The lowest BCUT2D eigenvalue weighted by Crippen LogP contribution is -2.13. The van der Waals surface area contributed by atoms with Crippen molar-refractivity contribution >= 4 is 0 Å². The Balaban J connectivity index is 2.71. The Bertz CT molecular complexity index is 627. The quantitative estimate of drug-likeness (QED) is 0.907.